The predicted octanol–water partition coefficient (Wildman–Crippen LogP) is 3.06. The topological polar surface area (TPSA) is 14.2 Å². The van der Waals surface area contributed by atoms with E-state index in [4.69, 9.17) is 11.2 Å². The molecule has 0 radical (unpaired) electrons. The van der Waals surface area contributed by atoms with Crippen molar-refractivity contribution >= 4 is 10.9 Å². The van der Waals surface area contributed by atoms with Gasteiger partial charge in [-0.25, -0.2) is 0 Å². The number of rotatable bonds is 4. The molecule has 1 aromatic heterocycles. The molecule has 2 aromatic rings. The number of hydrogen-bond acceptors (Lipinski definition) is 1. The van der Waals surface area contributed by atoms with Crippen molar-refractivity contribution in [2.75, 3.05) is 7.11 Å². The zero-order valence-corrected chi connectivity index (χ0v) is 9.44. The van der Waals surface area contributed by atoms with Gasteiger partial charge < -0.3 is 9.30 Å². The van der Waals surface area contributed by atoms with Gasteiger partial charge in [0.25, 0.3) is 0 Å². The summed E-state index contributed by atoms with van der Waals surface area (Å²) in [5, 5.41) is 1.16. The van der Waals surface area contributed by atoms with Gasteiger partial charge in [0.15, 0.2) is 0 Å². The lowest BCUT2D eigenvalue weighted by Crippen LogP contribution is -1.95. The predicted molar refractivity (Wildman–Crippen MR) is 66.6 cm³/mol. The number of unbranched alkanes of at least 4 members (excludes halogenated alkanes) is 1. The molecule has 0 aliphatic carbocycles. The van der Waals surface area contributed by atoms with Gasteiger partial charge in [0, 0.05) is 24.5 Å². The number of terminal acetylenes is 1. The summed E-state index contributed by atoms with van der Waals surface area (Å²) in [6, 6.07) is 8.19. The highest BCUT2D eigenvalue weighted by Crippen LogP contribution is 2.26. The summed E-state index contributed by atoms with van der Waals surface area (Å²) < 4.78 is 7.54. The quantitative estimate of drug-likeness (QED) is 0.562. The summed E-state index contributed by atoms with van der Waals surface area (Å²) in [6.07, 6.45) is 9.17. The number of hydrogen-bond donors (Lipinski definition) is 0. The number of aryl methyl sites for hydroxylation is 1. The van der Waals surface area contributed by atoms with Crippen molar-refractivity contribution in [2.45, 2.75) is 19.4 Å². The van der Waals surface area contributed by atoms with Crippen LogP contribution in [0.3, 0.4) is 0 Å². The van der Waals surface area contributed by atoms with Gasteiger partial charge in [-0.1, -0.05) is 6.07 Å². The van der Waals surface area contributed by atoms with Gasteiger partial charge in [0.2, 0.25) is 0 Å². The van der Waals surface area contributed by atoms with Crippen LogP contribution in [0.4, 0.5) is 0 Å². The number of aromatic nitrogens is 1. The second-order valence-electron chi connectivity index (χ2n) is 3.71. The lowest BCUT2D eigenvalue weighted by atomic mass is 10.2. The highest BCUT2D eigenvalue weighted by molar-refractivity contribution is 5.86. The minimum absolute atomic E-state index is 0.823. The second kappa shape index (κ2) is 4.76. The molecular weight excluding hydrogens is 198 g/mol. The second-order valence-corrected chi connectivity index (χ2v) is 3.71. The molecule has 1 heterocycles. The van der Waals surface area contributed by atoms with E-state index in [1.807, 2.05) is 12.1 Å². The van der Waals surface area contributed by atoms with Crippen LogP contribution in [0.1, 0.15) is 12.8 Å². The Bertz CT molecular complexity index is 519. The third kappa shape index (κ3) is 1.90. The van der Waals surface area contributed by atoms with Crippen molar-refractivity contribution < 1.29 is 4.74 Å². The van der Waals surface area contributed by atoms with Crippen molar-refractivity contribution in [2.24, 2.45) is 0 Å². The number of ether oxygens (including phenoxy) is 1. The molecule has 0 N–H and O–H groups in total. The van der Waals surface area contributed by atoms with Crippen LogP contribution in [0, 0.1) is 12.3 Å². The van der Waals surface area contributed by atoms with Crippen molar-refractivity contribution in [3.05, 3.63) is 30.5 Å². The molecule has 0 saturated heterocycles. The average Bonchev–Trinajstić information content (AvgIpc) is 2.73. The monoisotopic (exact) mass is 213 g/mol. The van der Waals surface area contributed by atoms with Crippen LogP contribution in [-0.4, -0.2) is 11.7 Å². The Kier molecular flexibility index (Phi) is 3.16. The van der Waals surface area contributed by atoms with Gasteiger partial charge in [-0.15, -0.1) is 12.3 Å². The van der Waals surface area contributed by atoms with Crippen LogP contribution < -0.4 is 4.74 Å². The summed E-state index contributed by atoms with van der Waals surface area (Å²) >= 11 is 0. The van der Waals surface area contributed by atoms with E-state index in [2.05, 4.69) is 28.8 Å². The van der Waals surface area contributed by atoms with Crippen molar-refractivity contribution in [3.8, 4) is 18.1 Å². The van der Waals surface area contributed by atoms with Crippen LogP contribution in [0.5, 0.6) is 5.75 Å². The Hall–Kier alpha value is -1.88. The zero-order valence-electron chi connectivity index (χ0n) is 9.44. The molecule has 0 spiro atoms. The maximum atomic E-state index is 5.32. The number of fused-ring (bicyclic) bond motifs is 1. The number of methoxy groups -OCH3 is 1. The molecule has 0 amide bonds. The third-order valence-corrected chi connectivity index (χ3v) is 2.71. The van der Waals surface area contributed by atoms with Crippen molar-refractivity contribution in [1.29, 1.82) is 0 Å². The Balaban J connectivity index is 2.31. The molecule has 0 aliphatic rings. The summed E-state index contributed by atoms with van der Waals surface area (Å²) in [4.78, 5) is 0. The smallest absolute Gasteiger partial charge is 0.128 e. The zero-order chi connectivity index (χ0) is 11.4. The summed E-state index contributed by atoms with van der Waals surface area (Å²) in [5.41, 5.74) is 1.20. The first-order chi connectivity index (χ1) is 7.86. The van der Waals surface area contributed by atoms with Gasteiger partial charge in [0.1, 0.15) is 5.75 Å². The third-order valence-electron chi connectivity index (χ3n) is 2.71. The Morgan fingerprint density at radius 1 is 1.38 bits per heavy atom. The summed E-state index contributed by atoms with van der Waals surface area (Å²) in [7, 11) is 1.70. The Morgan fingerprint density at radius 2 is 2.25 bits per heavy atom. The molecule has 2 heteroatoms. The van der Waals surface area contributed by atoms with Crippen molar-refractivity contribution in [3.63, 3.8) is 0 Å². The van der Waals surface area contributed by atoms with Gasteiger partial charge >= 0.3 is 0 Å². The van der Waals surface area contributed by atoms with Crippen LogP contribution >= 0.6 is 0 Å². The molecule has 82 valence electrons. The highest BCUT2D eigenvalue weighted by Gasteiger charge is 2.04. The number of benzene rings is 1. The normalized spacial score (nSPS) is 10.2. The first kappa shape index (κ1) is 10.6. The maximum Gasteiger partial charge on any atom is 0.128 e. The van der Waals surface area contributed by atoms with E-state index >= 15 is 0 Å². The van der Waals surface area contributed by atoms with Gasteiger partial charge in [0.05, 0.1) is 12.6 Å². The largest absolute Gasteiger partial charge is 0.496 e. The molecule has 0 fully saturated rings. The van der Waals surface area contributed by atoms with Crippen molar-refractivity contribution in [1.82, 2.24) is 4.57 Å². The van der Waals surface area contributed by atoms with E-state index in [1.165, 1.54) is 5.52 Å². The lowest BCUT2D eigenvalue weighted by molar-refractivity contribution is 0.420. The van der Waals surface area contributed by atoms with E-state index in [0.29, 0.717) is 0 Å². The molecule has 0 atom stereocenters. The fraction of sp³-hybridized carbons (Fsp3) is 0.286. The Morgan fingerprint density at radius 3 is 3.00 bits per heavy atom. The SMILES string of the molecule is C#CCCCn1ccc2c(OC)cccc21. The van der Waals surface area contributed by atoms with Crippen LogP contribution in [0.15, 0.2) is 30.5 Å². The molecule has 0 bridgehead atoms. The first-order valence-electron chi connectivity index (χ1n) is 5.42. The lowest BCUT2D eigenvalue weighted by Gasteiger charge is -2.05. The molecule has 2 rings (SSSR count). The summed E-state index contributed by atoms with van der Waals surface area (Å²) in [5.74, 6) is 3.59. The average molecular weight is 213 g/mol. The minimum atomic E-state index is 0.823. The van der Waals surface area contributed by atoms with Crippen LogP contribution in [0.25, 0.3) is 10.9 Å². The summed E-state index contributed by atoms with van der Waals surface area (Å²) in [6.45, 7) is 0.959. The van der Waals surface area contributed by atoms with Crippen LogP contribution in [-0.2, 0) is 6.54 Å². The van der Waals surface area contributed by atoms with Crippen LogP contribution in [0.2, 0.25) is 0 Å². The molecule has 0 unspecified atom stereocenters. The van der Waals surface area contributed by atoms with E-state index in [1.54, 1.807) is 7.11 Å². The fourth-order valence-corrected chi connectivity index (χ4v) is 1.92. The Labute approximate surface area is 95.8 Å². The molecule has 1 aromatic carbocycles. The first-order valence-corrected chi connectivity index (χ1v) is 5.42. The standard InChI is InChI=1S/C14H15NO/c1-3-4-5-10-15-11-9-12-13(15)7-6-8-14(12)16-2/h1,6-9,11H,4-5,10H2,2H3. The van der Waals surface area contributed by atoms with Gasteiger partial charge in [-0.2, -0.15) is 0 Å². The molecule has 0 saturated carbocycles. The molecular formula is C14H15NO. The number of nitrogens with zero attached hydrogens (tertiary/aromatic N) is 1. The maximum absolute atomic E-state index is 5.32. The fourth-order valence-electron chi connectivity index (χ4n) is 1.92. The molecule has 16 heavy (non-hydrogen) atoms. The highest BCUT2D eigenvalue weighted by atomic mass is 16.5. The minimum Gasteiger partial charge on any atom is -0.496 e. The van der Waals surface area contributed by atoms with Gasteiger partial charge in [-0.3, -0.25) is 0 Å². The van der Waals surface area contributed by atoms with E-state index in [0.717, 1.165) is 30.5 Å². The van der Waals surface area contributed by atoms with E-state index < -0.39 is 0 Å². The van der Waals surface area contributed by atoms with E-state index in [9.17, 15) is 0 Å². The molecule has 2 nitrogen and oxygen atoms in total. The van der Waals surface area contributed by atoms with E-state index in [-0.39, 0.29) is 0 Å². The van der Waals surface area contributed by atoms with Gasteiger partial charge in [-0.05, 0) is 24.6 Å². The molecule has 0 aliphatic heterocycles.